The van der Waals surface area contributed by atoms with Gasteiger partial charge in [-0.3, -0.25) is 0 Å². The molecule has 0 fully saturated rings. The predicted molar refractivity (Wildman–Crippen MR) is 134 cm³/mol. The van der Waals surface area contributed by atoms with Gasteiger partial charge in [-0.05, 0) is 78.0 Å². The molecule has 0 spiro atoms. The lowest BCUT2D eigenvalue weighted by Crippen LogP contribution is -2.34. The minimum Gasteiger partial charge on any atom is -0.507 e. The average Bonchev–Trinajstić information content (AvgIpc) is 2.77. The maximum atomic E-state index is 12.7. The molecule has 0 saturated heterocycles. The zero-order chi connectivity index (χ0) is 24.8. The highest BCUT2D eigenvalue weighted by atomic mass is 16.6. The van der Waals surface area contributed by atoms with Gasteiger partial charge in [0.2, 0.25) is 0 Å². The molecule has 0 radical (unpaired) electrons. The fourth-order valence-electron chi connectivity index (χ4n) is 5.09. The van der Waals surface area contributed by atoms with Gasteiger partial charge in [0.05, 0.1) is 11.1 Å². The lowest BCUT2D eigenvalue weighted by atomic mass is 9.62. The number of ether oxygens (including phenoxy) is 1. The maximum absolute atomic E-state index is 12.7. The second-order valence-electron chi connectivity index (χ2n) is 10.7. The number of carbonyl (C=O) groups excluding carboxylic acids is 2. The van der Waals surface area contributed by atoms with Crippen LogP contribution in [0, 0.1) is 13.8 Å². The molecule has 0 aliphatic heterocycles. The first-order chi connectivity index (χ1) is 15.9. The van der Waals surface area contributed by atoms with Crippen LogP contribution in [0.25, 0.3) is 11.1 Å². The fourth-order valence-corrected chi connectivity index (χ4v) is 5.09. The van der Waals surface area contributed by atoms with Crippen LogP contribution in [0.5, 0.6) is 5.75 Å². The third kappa shape index (κ3) is 4.13. The van der Waals surface area contributed by atoms with Crippen molar-refractivity contribution in [2.75, 3.05) is 0 Å². The van der Waals surface area contributed by atoms with E-state index in [2.05, 4.69) is 33.8 Å². The van der Waals surface area contributed by atoms with E-state index < -0.39 is 11.9 Å². The quantitative estimate of drug-likeness (QED) is 0.340. The first-order valence-corrected chi connectivity index (χ1v) is 11.7. The van der Waals surface area contributed by atoms with E-state index in [1.807, 2.05) is 26.0 Å². The van der Waals surface area contributed by atoms with Gasteiger partial charge in [0.1, 0.15) is 5.75 Å². The van der Waals surface area contributed by atoms with E-state index in [1.54, 1.807) is 36.4 Å². The number of aryl methyl sites for hydroxylation is 2. The number of hydrogen-bond donors (Lipinski definition) is 1. The Labute approximate surface area is 201 Å². The summed E-state index contributed by atoms with van der Waals surface area (Å²) in [6.45, 7) is 12.7. The Morgan fingerprint density at radius 2 is 1.47 bits per heavy atom. The molecule has 1 aliphatic carbocycles. The van der Waals surface area contributed by atoms with Gasteiger partial charge in [-0.15, -0.1) is 0 Å². The number of fused-ring (bicyclic) bond motifs is 1. The highest BCUT2D eigenvalue weighted by Crippen LogP contribution is 2.52. The maximum Gasteiger partial charge on any atom is 0.346 e. The molecule has 3 aromatic carbocycles. The number of phenols is 1. The van der Waals surface area contributed by atoms with Crippen molar-refractivity contribution in [3.8, 4) is 16.9 Å². The van der Waals surface area contributed by atoms with Gasteiger partial charge in [0.25, 0.3) is 0 Å². The lowest BCUT2D eigenvalue weighted by Gasteiger charge is -2.43. The molecule has 0 bridgehead atoms. The van der Waals surface area contributed by atoms with Crippen molar-refractivity contribution < 1.29 is 19.4 Å². The summed E-state index contributed by atoms with van der Waals surface area (Å²) in [5.41, 5.74) is 6.03. The number of carbonyl (C=O) groups is 2. The molecule has 0 aromatic heterocycles. The second kappa shape index (κ2) is 8.43. The molecule has 34 heavy (non-hydrogen) atoms. The molecule has 1 aliphatic rings. The van der Waals surface area contributed by atoms with E-state index in [-0.39, 0.29) is 10.8 Å². The normalized spacial score (nSPS) is 15.9. The molecule has 4 heteroatoms. The number of aromatic hydroxyl groups is 1. The summed E-state index contributed by atoms with van der Waals surface area (Å²) >= 11 is 0. The van der Waals surface area contributed by atoms with E-state index in [9.17, 15) is 14.7 Å². The van der Waals surface area contributed by atoms with Gasteiger partial charge < -0.3 is 9.84 Å². The van der Waals surface area contributed by atoms with Gasteiger partial charge in [-0.2, -0.15) is 0 Å². The van der Waals surface area contributed by atoms with Crippen LogP contribution in [0.4, 0.5) is 0 Å². The molecule has 0 amide bonds. The van der Waals surface area contributed by atoms with Crippen molar-refractivity contribution in [3.63, 3.8) is 0 Å². The van der Waals surface area contributed by atoms with Gasteiger partial charge >= 0.3 is 11.9 Å². The Morgan fingerprint density at radius 3 is 2.12 bits per heavy atom. The standard InChI is InChI=1S/C30H32O4/c1-18-16-21(12-13-22(18)28(33)34-27(32)20-10-8-7-9-11-20)24-19(2)17-23-25(26(24)31)30(5,6)15-14-29(23,3)4/h7-13,16-17,31H,14-15H2,1-6H3. The van der Waals surface area contributed by atoms with Gasteiger partial charge in [-0.1, -0.05) is 64.1 Å². The molecule has 3 aromatic rings. The summed E-state index contributed by atoms with van der Waals surface area (Å²) in [4.78, 5) is 25.0. The molecule has 1 N–H and O–H groups in total. The number of benzene rings is 3. The summed E-state index contributed by atoms with van der Waals surface area (Å²) in [7, 11) is 0. The summed E-state index contributed by atoms with van der Waals surface area (Å²) in [5, 5.41) is 11.5. The summed E-state index contributed by atoms with van der Waals surface area (Å²) in [6, 6.07) is 16.0. The van der Waals surface area contributed by atoms with Gasteiger partial charge in [0, 0.05) is 11.1 Å². The molecule has 4 rings (SSSR count). The Bertz CT molecular complexity index is 1280. The number of phenolic OH excluding ortho intramolecular Hbond substituents is 1. The average molecular weight is 457 g/mol. The van der Waals surface area contributed by atoms with Crippen molar-refractivity contribution >= 4 is 11.9 Å². The van der Waals surface area contributed by atoms with Crippen molar-refractivity contribution in [1.82, 2.24) is 0 Å². The minimum atomic E-state index is -0.688. The zero-order valence-electron chi connectivity index (χ0n) is 20.8. The monoisotopic (exact) mass is 456 g/mol. The van der Waals surface area contributed by atoms with E-state index in [4.69, 9.17) is 4.74 Å². The Hall–Kier alpha value is -3.40. The lowest BCUT2D eigenvalue weighted by molar-refractivity contribution is 0.0397. The Kier molecular flexibility index (Phi) is 5.89. The number of esters is 2. The highest BCUT2D eigenvalue weighted by Gasteiger charge is 2.40. The number of hydrogen-bond acceptors (Lipinski definition) is 4. The SMILES string of the molecule is Cc1cc(-c2c(C)cc3c(c2O)C(C)(C)CCC3(C)C)ccc1C(=O)OC(=O)c1ccccc1. The van der Waals surface area contributed by atoms with E-state index in [0.29, 0.717) is 22.4 Å². The van der Waals surface area contributed by atoms with Crippen LogP contribution in [0.3, 0.4) is 0 Å². The molecule has 4 nitrogen and oxygen atoms in total. The van der Waals surface area contributed by atoms with Crippen LogP contribution in [0.1, 0.15) is 83.5 Å². The summed E-state index contributed by atoms with van der Waals surface area (Å²) < 4.78 is 5.09. The van der Waals surface area contributed by atoms with Gasteiger partial charge in [-0.25, -0.2) is 9.59 Å². The molecule has 176 valence electrons. The minimum absolute atomic E-state index is 0.000443. The van der Waals surface area contributed by atoms with Crippen LogP contribution in [0.15, 0.2) is 54.6 Å². The van der Waals surface area contributed by atoms with Crippen molar-refractivity contribution in [2.45, 2.75) is 65.2 Å². The van der Waals surface area contributed by atoms with E-state index >= 15 is 0 Å². The smallest absolute Gasteiger partial charge is 0.346 e. The Morgan fingerprint density at radius 1 is 0.824 bits per heavy atom. The summed E-state index contributed by atoms with van der Waals surface area (Å²) in [6.07, 6.45) is 2.07. The van der Waals surface area contributed by atoms with Crippen LogP contribution in [-0.4, -0.2) is 17.0 Å². The zero-order valence-corrected chi connectivity index (χ0v) is 20.8. The molecular formula is C30H32O4. The second-order valence-corrected chi connectivity index (χ2v) is 10.7. The summed E-state index contributed by atoms with van der Waals surface area (Å²) in [5.74, 6) is -1.05. The predicted octanol–water partition coefficient (Wildman–Crippen LogP) is 7.02. The van der Waals surface area contributed by atoms with E-state index in [0.717, 1.165) is 35.1 Å². The molecule has 0 atom stereocenters. The van der Waals surface area contributed by atoms with Crippen LogP contribution >= 0.6 is 0 Å². The fraction of sp³-hybridized carbons (Fsp3) is 0.333. The van der Waals surface area contributed by atoms with Crippen molar-refractivity contribution in [3.05, 3.63) is 88.0 Å². The van der Waals surface area contributed by atoms with Crippen molar-refractivity contribution in [2.24, 2.45) is 0 Å². The molecule has 0 unspecified atom stereocenters. The van der Waals surface area contributed by atoms with Crippen LogP contribution < -0.4 is 0 Å². The van der Waals surface area contributed by atoms with Gasteiger partial charge in [0.15, 0.2) is 0 Å². The largest absolute Gasteiger partial charge is 0.507 e. The number of rotatable bonds is 3. The third-order valence-electron chi connectivity index (χ3n) is 7.21. The van der Waals surface area contributed by atoms with Crippen LogP contribution in [0.2, 0.25) is 0 Å². The first-order valence-electron chi connectivity index (χ1n) is 11.7. The first kappa shape index (κ1) is 23.7. The van der Waals surface area contributed by atoms with E-state index in [1.165, 1.54) is 5.56 Å². The highest BCUT2D eigenvalue weighted by molar-refractivity contribution is 6.03. The molecular weight excluding hydrogens is 424 g/mol. The molecule has 0 heterocycles. The van der Waals surface area contributed by atoms with Crippen molar-refractivity contribution in [1.29, 1.82) is 0 Å². The Balaban J connectivity index is 1.71. The third-order valence-corrected chi connectivity index (χ3v) is 7.21. The molecule has 0 saturated carbocycles. The van der Waals surface area contributed by atoms with Crippen LogP contribution in [-0.2, 0) is 15.6 Å². The topological polar surface area (TPSA) is 63.6 Å².